The van der Waals surface area contributed by atoms with Crippen LogP contribution in [0.3, 0.4) is 0 Å². The Kier molecular flexibility index (Phi) is 3.58. The third-order valence-corrected chi connectivity index (χ3v) is 5.33. The van der Waals surface area contributed by atoms with Gasteiger partial charge in [-0.25, -0.2) is 0 Å². The molecule has 1 unspecified atom stereocenters. The van der Waals surface area contributed by atoms with Crippen LogP contribution in [0.25, 0.3) is 0 Å². The summed E-state index contributed by atoms with van der Waals surface area (Å²) in [5, 5.41) is 4.13. The lowest BCUT2D eigenvalue weighted by Crippen LogP contribution is -2.47. The molecule has 0 bridgehead atoms. The SMILES string of the molecule is CN1C(=O)CCC1C(=O)N1CCC(c2noc(C3CC3)n2)CC1. The molecule has 7 nitrogen and oxygen atoms in total. The summed E-state index contributed by atoms with van der Waals surface area (Å²) in [7, 11) is 1.73. The van der Waals surface area contributed by atoms with Gasteiger partial charge in [-0.1, -0.05) is 5.16 Å². The van der Waals surface area contributed by atoms with Gasteiger partial charge in [-0.2, -0.15) is 4.98 Å². The first-order valence-corrected chi connectivity index (χ1v) is 8.51. The third-order valence-electron chi connectivity index (χ3n) is 5.33. The van der Waals surface area contributed by atoms with E-state index in [0.29, 0.717) is 31.8 Å². The second kappa shape index (κ2) is 5.62. The van der Waals surface area contributed by atoms with Crippen molar-refractivity contribution >= 4 is 11.8 Å². The lowest BCUT2D eigenvalue weighted by Gasteiger charge is -2.33. The standard InChI is InChI=1S/C16H22N4O3/c1-19-12(4-5-13(19)21)16(22)20-8-6-10(7-9-20)14-17-15(23-18-14)11-2-3-11/h10-12H,2-9H2,1H3. The molecule has 1 aromatic rings. The summed E-state index contributed by atoms with van der Waals surface area (Å²) < 4.78 is 5.34. The number of hydrogen-bond acceptors (Lipinski definition) is 5. The molecular formula is C16H22N4O3. The molecule has 3 fully saturated rings. The van der Waals surface area contributed by atoms with Crippen molar-refractivity contribution in [3.05, 3.63) is 11.7 Å². The Morgan fingerprint density at radius 1 is 1.13 bits per heavy atom. The molecule has 0 aromatic carbocycles. The van der Waals surface area contributed by atoms with Crippen LogP contribution in [0.15, 0.2) is 4.52 Å². The fraction of sp³-hybridized carbons (Fsp3) is 0.750. The number of amides is 2. The summed E-state index contributed by atoms with van der Waals surface area (Å²) in [6.07, 6.45) is 5.16. The molecule has 2 aliphatic heterocycles. The van der Waals surface area contributed by atoms with E-state index >= 15 is 0 Å². The zero-order valence-electron chi connectivity index (χ0n) is 13.4. The van der Waals surface area contributed by atoms with Gasteiger partial charge in [0, 0.05) is 38.4 Å². The molecule has 1 aromatic heterocycles. The molecule has 0 radical (unpaired) electrons. The van der Waals surface area contributed by atoms with Gasteiger partial charge in [-0.15, -0.1) is 0 Å². The lowest BCUT2D eigenvalue weighted by molar-refractivity contribution is -0.141. The molecule has 2 amide bonds. The average Bonchev–Trinajstić information content (AvgIpc) is 3.22. The first-order valence-electron chi connectivity index (χ1n) is 8.51. The minimum absolute atomic E-state index is 0.0673. The molecular weight excluding hydrogens is 296 g/mol. The molecule has 3 aliphatic rings. The van der Waals surface area contributed by atoms with Crippen molar-refractivity contribution in [3.8, 4) is 0 Å². The van der Waals surface area contributed by atoms with Crippen LogP contribution in [0.2, 0.25) is 0 Å². The number of hydrogen-bond donors (Lipinski definition) is 0. The van der Waals surface area contributed by atoms with Gasteiger partial charge >= 0.3 is 0 Å². The number of nitrogens with zero attached hydrogens (tertiary/aromatic N) is 4. The van der Waals surface area contributed by atoms with E-state index in [9.17, 15) is 9.59 Å². The Hall–Kier alpha value is -1.92. The van der Waals surface area contributed by atoms with Crippen molar-refractivity contribution in [2.45, 2.75) is 56.4 Å². The van der Waals surface area contributed by atoms with E-state index < -0.39 is 0 Å². The van der Waals surface area contributed by atoms with Crippen LogP contribution in [0.1, 0.15) is 62.1 Å². The van der Waals surface area contributed by atoms with Gasteiger partial charge in [0.2, 0.25) is 17.7 Å². The van der Waals surface area contributed by atoms with Gasteiger partial charge in [0.15, 0.2) is 5.82 Å². The summed E-state index contributed by atoms with van der Waals surface area (Å²) in [4.78, 5) is 32.2. The number of rotatable bonds is 3. The summed E-state index contributed by atoms with van der Waals surface area (Å²) in [5.74, 6) is 2.49. The fourth-order valence-electron chi connectivity index (χ4n) is 3.57. The highest BCUT2D eigenvalue weighted by Gasteiger charge is 2.38. The van der Waals surface area contributed by atoms with E-state index in [1.165, 1.54) is 0 Å². The molecule has 1 saturated carbocycles. The van der Waals surface area contributed by atoms with E-state index in [4.69, 9.17) is 4.52 Å². The maximum atomic E-state index is 12.6. The summed E-state index contributed by atoms with van der Waals surface area (Å²) in [6, 6.07) is -0.273. The third kappa shape index (κ3) is 2.72. The van der Waals surface area contributed by atoms with Gasteiger partial charge in [0.1, 0.15) is 6.04 Å². The van der Waals surface area contributed by atoms with Crippen LogP contribution in [0.5, 0.6) is 0 Å². The molecule has 1 aliphatic carbocycles. The molecule has 23 heavy (non-hydrogen) atoms. The minimum atomic E-state index is -0.273. The van der Waals surface area contributed by atoms with E-state index in [0.717, 1.165) is 37.4 Å². The highest BCUT2D eigenvalue weighted by Crippen LogP contribution is 2.39. The number of likely N-dealkylation sites (N-methyl/N-ethyl adjacent to an activating group) is 1. The molecule has 1 atom stereocenters. The second-order valence-electron chi connectivity index (χ2n) is 6.92. The predicted molar refractivity (Wildman–Crippen MR) is 80.6 cm³/mol. The Labute approximate surface area is 135 Å². The fourth-order valence-corrected chi connectivity index (χ4v) is 3.57. The summed E-state index contributed by atoms with van der Waals surface area (Å²) in [6.45, 7) is 1.41. The highest BCUT2D eigenvalue weighted by atomic mass is 16.5. The van der Waals surface area contributed by atoms with Gasteiger partial charge in [0.05, 0.1) is 0 Å². The minimum Gasteiger partial charge on any atom is -0.341 e. The Bertz CT molecular complexity index is 617. The van der Waals surface area contributed by atoms with Gasteiger partial charge in [-0.05, 0) is 32.1 Å². The number of carbonyl (C=O) groups excluding carboxylic acids is 2. The average molecular weight is 318 g/mol. The monoisotopic (exact) mass is 318 g/mol. The van der Waals surface area contributed by atoms with Crippen LogP contribution in [0, 0.1) is 0 Å². The molecule has 0 spiro atoms. The predicted octanol–water partition coefficient (Wildman–Crippen LogP) is 1.27. The normalized spacial score (nSPS) is 26.1. The van der Waals surface area contributed by atoms with Crippen molar-refractivity contribution < 1.29 is 14.1 Å². The number of carbonyl (C=O) groups is 2. The van der Waals surface area contributed by atoms with E-state index in [2.05, 4.69) is 10.1 Å². The van der Waals surface area contributed by atoms with Crippen LogP contribution in [-0.4, -0.2) is 57.9 Å². The zero-order chi connectivity index (χ0) is 16.0. The Balaban J connectivity index is 1.35. The van der Waals surface area contributed by atoms with Crippen molar-refractivity contribution in [2.24, 2.45) is 0 Å². The molecule has 7 heteroatoms. The van der Waals surface area contributed by atoms with Crippen molar-refractivity contribution in [2.75, 3.05) is 20.1 Å². The smallest absolute Gasteiger partial charge is 0.245 e. The van der Waals surface area contributed by atoms with E-state index in [1.807, 2.05) is 4.90 Å². The molecule has 0 N–H and O–H groups in total. The van der Waals surface area contributed by atoms with Crippen LogP contribution < -0.4 is 0 Å². The zero-order valence-corrected chi connectivity index (χ0v) is 13.4. The number of likely N-dealkylation sites (tertiary alicyclic amines) is 2. The van der Waals surface area contributed by atoms with Gasteiger partial charge < -0.3 is 14.3 Å². The van der Waals surface area contributed by atoms with Gasteiger partial charge in [0.25, 0.3) is 0 Å². The quantitative estimate of drug-likeness (QED) is 0.838. The second-order valence-corrected chi connectivity index (χ2v) is 6.92. The van der Waals surface area contributed by atoms with E-state index in [-0.39, 0.29) is 23.8 Å². The van der Waals surface area contributed by atoms with Crippen LogP contribution in [-0.2, 0) is 9.59 Å². The largest absolute Gasteiger partial charge is 0.341 e. The van der Waals surface area contributed by atoms with E-state index in [1.54, 1.807) is 11.9 Å². The lowest BCUT2D eigenvalue weighted by atomic mass is 9.95. The molecule has 2 saturated heterocycles. The first kappa shape index (κ1) is 14.7. The van der Waals surface area contributed by atoms with Crippen LogP contribution in [0.4, 0.5) is 0 Å². The topological polar surface area (TPSA) is 79.5 Å². The Morgan fingerprint density at radius 2 is 1.87 bits per heavy atom. The molecule has 124 valence electrons. The molecule has 3 heterocycles. The summed E-state index contributed by atoms with van der Waals surface area (Å²) >= 11 is 0. The van der Waals surface area contributed by atoms with Crippen molar-refractivity contribution in [1.29, 1.82) is 0 Å². The van der Waals surface area contributed by atoms with Crippen molar-refractivity contribution in [1.82, 2.24) is 19.9 Å². The number of piperidine rings is 1. The highest BCUT2D eigenvalue weighted by molar-refractivity contribution is 5.90. The summed E-state index contributed by atoms with van der Waals surface area (Å²) in [5.41, 5.74) is 0. The van der Waals surface area contributed by atoms with Crippen molar-refractivity contribution in [3.63, 3.8) is 0 Å². The first-order chi connectivity index (χ1) is 11.1. The number of aromatic nitrogens is 2. The maximum absolute atomic E-state index is 12.6. The molecule has 4 rings (SSSR count). The maximum Gasteiger partial charge on any atom is 0.245 e. The Morgan fingerprint density at radius 3 is 2.48 bits per heavy atom. The van der Waals surface area contributed by atoms with Gasteiger partial charge in [-0.3, -0.25) is 9.59 Å². The van der Waals surface area contributed by atoms with Crippen LogP contribution >= 0.6 is 0 Å².